The summed E-state index contributed by atoms with van der Waals surface area (Å²) in [5.41, 5.74) is 1.55. The van der Waals surface area contributed by atoms with Crippen LogP contribution >= 0.6 is 11.6 Å². The minimum absolute atomic E-state index is 0.278. The van der Waals surface area contributed by atoms with Crippen molar-refractivity contribution >= 4 is 35.2 Å². The van der Waals surface area contributed by atoms with E-state index in [0.29, 0.717) is 21.8 Å². The second-order valence-electron chi connectivity index (χ2n) is 4.86. The monoisotopic (exact) mass is 330 g/mol. The summed E-state index contributed by atoms with van der Waals surface area (Å²) >= 11 is 5.78. The number of carbonyl (C=O) groups is 3. The van der Waals surface area contributed by atoms with Gasteiger partial charge in [-0.15, -0.1) is 0 Å². The predicted octanol–water partition coefficient (Wildman–Crippen LogP) is 2.90. The molecule has 0 saturated carbocycles. The van der Waals surface area contributed by atoms with Gasteiger partial charge in [0.15, 0.2) is 0 Å². The summed E-state index contributed by atoms with van der Waals surface area (Å²) < 4.78 is 4.86. The van der Waals surface area contributed by atoms with Crippen molar-refractivity contribution in [2.24, 2.45) is 0 Å². The minimum atomic E-state index is -0.955. The molecule has 23 heavy (non-hydrogen) atoms. The van der Waals surface area contributed by atoms with E-state index in [-0.39, 0.29) is 5.91 Å². The van der Waals surface area contributed by atoms with Crippen molar-refractivity contribution in [3.63, 3.8) is 0 Å². The van der Waals surface area contributed by atoms with E-state index < -0.39 is 18.1 Å². The second kappa shape index (κ2) is 6.10. The molecule has 1 atom stereocenters. The average molecular weight is 331 g/mol. The maximum atomic E-state index is 12.1. The fourth-order valence-electron chi connectivity index (χ4n) is 2.12. The zero-order chi connectivity index (χ0) is 16.4. The topological polar surface area (TPSA) is 84.5 Å². The van der Waals surface area contributed by atoms with E-state index in [9.17, 15) is 14.4 Å². The van der Waals surface area contributed by atoms with E-state index in [2.05, 4.69) is 10.6 Å². The van der Waals surface area contributed by atoms with Gasteiger partial charge in [-0.1, -0.05) is 23.7 Å². The summed E-state index contributed by atoms with van der Waals surface area (Å²) in [6, 6.07) is 13.0. The number of hydrogen-bond acceptors (Lipinski definition) is 4. The van der Waals surface area contributed by atoms with Crippen molar-refractivity contribution in [1.82, 2.24) is 5.32 Å². The van der Waals surface area contributed by atoms with Gasteiger partial charge in [-0.2, -0.15) is 0 Å². The van der Waals surface area contributed by atoms with Gasteiger partial charge < -0.3 is 10.1 Å². The first kappa shape index (κ1) is 15.1. The molecule has 2 aromatic rings. The van der Waals surface area contributed by atoms with Crippen molar-refractivity contribution in [3.05, 3.63) is 64.7 Å². The lowest BCUT2D eigenvalue weighted by Crippen LogP contribution is -2.20. The van der Waals surface area contributed by atoms with Crippen LogP contribution in [-0.4, -0.2) is 17.9 Å². The molecule has 1 aliphatic heterocycles. The number of amides is 3. The first-order valence-electron chi connectivity index (χ1n) is 6.71. The molecule has 7 heteroatoms. The molecule has 1 aliphatic rings. The fourth-order valence-corrected chi connectivity index (χ4v) is 2.25. The zero-order valence-electron chi connectivity index (χ0n) is 11.7. The number of halogens is 1. The molecule has 0 aromatic heterocycles. The van der Waals surface area contributed by atoms with Crippen LogP contribution in [0.2, 0.25) is 5.02 Å². The first-order chi connectivity index (χ1) is 11.0. The molecule has 0 bridgehead atoms. The van der Waals surface area contributed by atoms with E-state index >= 15 is 0 Å². The van der Waals surface area contributed by atoms with Crippen LogP contribution in [0.25, 0.3) is 0 Å². The number of imide groups is 1. The number of cyclic esters (lactones) is 1. The molecule has 2 aromatic carbocycles. The van der Waals surface area contributed by atoms with Crippen molar-refractivity contribution in [1.29, 1.82) is 0 Å². The van der Waals surface area contributed by atoms with Crippen molar-refractivity contribution < 1.29 is 19.1 Å². The van der Waals surface area contributed by atoms with Gasteiger partial charge in [-0.3, -0.25) is 14.9 Å². The normalized spacial score (nSPS) is 16.7. The van der Waals surface area contributed by atoms with Gasteiger partial charge in [0.25, 0.3) is 11.8 Å². The van der Waals surface area contributed by atoms with Crippen molar-refractivity contribution in [2.45, 2.75) is 6.10 Å². The van der Waals surface area contributed by atoms with E-state index in [0.717, 1.165) is 0 Å². The largest absolute Gasteiger partial charge is 0.431 e. The van der Waals surface area contributed by atoms with Crippen LogP contribution in [0.15, 0.2) is 48.5 Å². The maximum absolute atomic E-state index is 12.1. The van der Waals surface area contributed by atoms with Crippen LogP contribution in [0.3, 0.4) is 0 Å². The highest BCUT2D eigenvalue weighted by molar-refractivity contribution is 6.30. The van der Waals surface area contributed by atoms with Gasteiger partial charge in [0.1, 0.15) is 0 Å². The number of ether oxygens (including phenoxy) is 1. The molecule has 0 aliphatic carbocycles. The van der Waals surface area contributed by atoms with Crippen LogP contribution in [-0.2, 0) is 9.53 Å². The summed E-state index contributed by atoms with van der Waals surface area (Å²) in [5, 5.41) is 5.33. The number of rotatable bonds is 3. The molecule has 1 fully saturated rings. The lowest BCUT2D eigenvalue weighted by Gasteiger charge is -2.09. The smallest absolute Gasteiger partial charge is 0.415 e. The molecule has 0 radical (unpaired) electrons. The molecule has 1 saturated heterocycles. The molecule has 0 spiro atoms. The first-order valence-corrected chi connectivity index (χ1v) is 7.09. The lowest BCUT2D eigenvalue weighted by molar-refractivity contribution is -0.123. The molecule has 2 N–H and O–H groups in total. The Bertz CT molecular complexity index is 772. The van der Waals surface area contributed by atoms with Crippen LogP contribution in [0.1, 0.15) is 22.0 Å². The number of alkyl carbamates (subject to hydrolysis) is 1. The Kier molecular flexibility index (Phi) is 3.99. The number of nitrogens with one attached hydrogen (secondary N) is 2. The van der Waals surface area contributed by atoms with E-state index in [1.54, 1.807) is 48.5 Å². The molecule has 1 unspecified atom stereocenters. The van der Waals surface area contributed by atoms with Crippen molar-refractivity contribution in [2.75, 3.05) is 5.32 Å². The Morgan fingerprint density at radius 3 is 2.26 bits per heavy atom. The number of anilines is 1. The average Bonchev–Trinajstić information content (AvgIpc) is 2.87. The quantitative estimate of drug-likeness (QED) is 0.906. The Morgan fingerprint density at radius 1 is 1.04 bits per heavy atom. The lowest BCUT2D eigenvalue weighted by atomic mass is 10.1. The van der Waals surface area contributed by atoms with Crippen LogP contribution in [0, 0.1) is 0 Å². The third kappa shape index (κ3) is 3.32. The number of benzene rings is 2. The molecule has 6 nitrogen and oxygen atoms in total. The van der Waals surface area contributed by atoms with Gasteiger partial charge in [0, 0.05) is 21.8 Å². The maximum Gasteiger partial charge on any atom is 0.415 e. The Labute approximate surface area is 136 Å². The Hall–Kier alpha value is -2.86. The summed E-state index contributed by atoms with van der Waals surface area (Å²) in [7, 11) is 0. The van der Waals surface area contributed by atoms with E-state index in [1.807, 2.05) is 0 Å². The molecular weight excluding hydrogens is 320 g/mol. The second-order valence-corrected chi connectivity index (χ2v) is 5.29. The van der Waals surface area contributed by atoms with Gasteiger partial charge in [-0.05, 0) is 36.4 Å². The van der Waals surface area contributed by atoms with Gasteiger partial charge in [-0.25, -0.2) is 4.79 Å². The van der Waals surface area contributed by atoms with Gasteiger partial charge in [0.2, 0.25) is 6.10 Å². The van der Waals surface area contributed by atoms with Crippen LogP contribution < -0.4 is 10.6 Å². The predicted molar refractivity (Wildman–Crippen MR) is 83.2 cm³/mol. The highest BCUT2D eigenvalue weighted by Crippen LogP contribution is 2.23. The number of carbonyl (C=O) groups excluding carboxylic acids is 3. The number of hydrogen-bond donors (Lipinski definition) is 2. The molecule has 116 valence electrons. The van der Waals surface area contributed by atoms with Gasteiger partial charge in [0.05, 0.1) is 0 Å². The molecule has 3 amide bonds. The highest BCUT2D eigenvalue weighted by Gasteiger charge is 2.33. The zero-order valence-corrected chi connectivity index (χ0v) is 12.5. The third-order valence-corrected chi connectivity index (χ3v) is 3.52. The third-order valence-electron chi connectivity index (χ3n) is 3.27. The molecule has 1 heterocycles. The minimum Gasteiger partial charge on any atom is -0.431 e. The fraction of sp³-hybridized carbons (Fsp3) is 0.0625. The van der Waals surface area contributed by atoms with Crippen LogP contribution in [0.4, 0.5) is 10.5 Å². The van der Waals surface area contributed by atoms with Crippen LogP contribution in [0.5, 0.6) is 0 Å². The summed E-state index contributed by atoms with van der Waals surface area (Å²) in [5.74, 6) is -0.785. The van der Waals surface area contributed by atoms with Gasteiger partial charge >= 0.3 is 6.09 Å². The van der Waals surface area contributed by atoms with E-state index in [1.165, 1.54) is 0 Å². The summed E-state index contributed by atoms with van der Waals surface area (Å²) in [6.45, 7) is 0. The van der Waals surface area contributed by atoms with E-state index in [4.69, 9.17) is 16.3 Å². The summed E-state index contributed by atoms with van der Waals surface area (Å²) in [4.78, 5) is 34.6. The highest BCUT2D eigenvalue weighted by atomic mass is 35.5. The Morgan fingerprint density at radius 2 is 1.70 bits per heavy atom. The molecule has 3 rings (SSSR count). The SMILES string of the molecule is O=C1NC(=O)C(c2ccc(NC(=O)c3ccc(Cl)cc3)cc2)O1. The van der Waals surface area contributed by atoms with Crippen molar-refractivity contribution in [3.8, 4) is 0 Å². The standard InChI is InChI=1S/C16H11ClN2O4/c17-11-5-1-10(2-6-11)14(20)18-12-7-3-9(4-8-12)13-15(21)19-16(22)23-13/h1-8,13H,(H,18,20)(H,19,21,22). The molecular formula is C16H11ClN2O4. The Balaban J connectivity index is 1.70. The summed E-state index contributed by atoms with van der Waals surface area (Å²) in [6.07, 6.45) is -1.72.